The van der Waals surface area contributed by atoms with Crippen LogP contribution in [-0.2, 0) is 0 Å². The smallest absolute Gasteiger partial charge is 0.0340 e. The fourth-order valence-electron chi connectivity index (χ4n) is 1.52. The van der Waals surface area contributed by atoms with Crippen molar-refractivity contribution in [3.8, 4) is 12.5 Å². The van der Waals surface area contributed by atoms with Gasteiger partial charge < -0.3 is 5.32 Å². The molecular weight excluding hydrogens is 122 g/mol. The van der Waals surface area contributed by atoms with Crippen molar-refractivity contribution in [2.24, 2.45) is 5.92 Å². The van der Waals surface area contributed by atoms with E-state index in [1.807, 2.05) is 0 Å². The van der Waals surface area contributed by atoms with Crippen molar-refractivity contribution in [3.05, 3.63) is 0 Å². The Bertz CT molecular complexity index is 126. The topological polar surface area (TPSA) is 12.0 Å². The quantitative estimate of drug-likeness (QED) is 0.429. The lowest BCUT2D eigenvalue weighted by Crippen LogP contribution is -2.28. The van der Waals surface area contributed by atoms with E-state index in [9.17, 15) is 0 Å². The van der Waals surface area contributed by atoms with Crippen molar-refractivity contribution in [1.29, 1.82) is 0 Å². The van der Waals surface area contributed by atoms with Gasteiger partial charge in [-0.15, -0.1) is 0 Å². The zero-order valence-corrected chi connectivity index (χ0v) is 6.56. The standard InChI is InChI=1S/C9H15N/c1-3-10-9-6-4-8(2)5-7-9/h1,8-10H,4-7H2,2H3. The van der Waals surface area contributed by atoms with Gasteiger partial charge in [0, 0.05) is 12.1 Å². The normalized spacial score (nSPS) is 32.8. The summed E-state index contributed by atoms with van der Waals surface area (Å²) >= 11 is 0. The van der Waals surface area contributed by atoms with Crippen LogP contribution in [0.5, 0.6) is 0 Å². The molecule has 1 aliphatic rings. The van der Waals surface area contributed by atoms with Crippen LogP contribution < -0.4 is 5.32 Å². The summed E-state index contributed by atoms with van der Waals surface area (Å²) < 4.78 is 0. The van der Waals surface area contributed by atoms with Gasteiger partial charge in [0.1, 0.15) is 0 Å². The number of nitrogens with one attached hydrogen (secondary N) is 1. The average molecular weight is 137 g/mol. The van der Waals surface area contributed by atoms with Crippen molar-refractivity contribution in [3.63, 3.8) is 0 Å². The fourth-order valence-corrected chi connectivity index (χ4v) is 1.52. The van der Waals surface area contributed by atoms with Crippen LogP contribution in [0.15, 0.2) is 0 Å². The lowest BCUT2D eigenvalue weighted by atomic mass is 9.87. The minimum absolute atomic E-state index is 0.598. The number of rotatable bonds is 1. The molecule has 0 atom stereocenters. The van der Waals surface area contributed by atoms with Gasteiger partial charge in [0.05, 0.1) is 0 Å². The Morgan fingerprint density at radius 1 is 1.30 bits per heavy atom. The second-order valence-electron chi connectivity index (χ2n) is 3.25. The van der Waals surface area contributed by atoms with Crippen LogP contribution >= 0.6 is 0 Å². The Hall–Kier alpha value is -0.640. The highest BCUT2D eigenvalue weighted by molar-refractivity contribution is 4.87. The van der Waals surface area contributed by atoms with E-state index in [0.717, 1.165) is 5.92 Å². The van der Waals surface area contributed by atoms with Crippen LogP contribution in [0.25, 0.3) is 0 Å². The summed E-state index contributed by atoms with van der Waals surface area (Å²) in [7, 11) is 0. The summed E-state index contributed by atoms with van der Waals surface area (Å²) in [5.41, 5.74) is 0. The maximum atomic E-state index is 5.13. The molecule has 1 nitrogen and oxygen atoms in total. The molecule has 0 aromatic heterocycles. The number of hydrogen-bond donors (Lipinski definition) is 1. The SMILES string of the molecule is C#CNC1CCC(C)CC1. The van der Waals surface area contributed by atoms with E-state index in [0.29, 0.717) is 6.04 Å². The lowest BCUT2D eigenvalue weighted by Gasteiger charge is -2.25. The van der Waals surface area contributed by atoms with Gasteiger partial charge in [-0.2, -0.15) is 0 Å². The predicted molar refractivity (Wildman–Crippen MR) is 43.4 cm³/mol. The summed E-state index contributed by atoms with van der Waals surface area (Å²) in [4.78, 5) is 0. The van der Waals surface area contributed by atoms with Gasteiger partial charge in [0.25, 0.3) is 0 Å². The number of terminal acetylenes is 1. The molecule has 1 saturated carbocycles. The molecule has 0 unspecified atom stereocenters. The predicted octanol–water partition coefficient (Wildman–Crippen LogP) is 1.75. The molecule has 0 saturated heterocycles. The molecule has 1 aliphatic carbocycles. The molecule has 0 spiro atoms. The van der Waals surface area contributed by atoms with Crippen molar-refractivity contribution in [2.45, 2.75) is 38.6 Å². The van der Waals surface area contributed by atoms with E-state index >= 15 is 0 Å². The van der Waals surface area contributed by atoms with E-state index in [1.165, 1.54) is 25.7 Å². The maximum absolute atomic E-state index is 5.13. The summed E-state index contributed by atoms with van der Waals surface area (Å²) in [5.74, 6) is 0.913. The Labute approximate surface area is 63.2 Å². The minimum Gasteiger partial charge on any atom is -0.343 e. The summed E-state index contributed by atoms with van der Waals surface area (Å²) in [6.07, 6.45) is 10.3. The Morgan fingerprint density at radius 2 is 1.90 bits per heavy atom. The molecule has 1 N–H and O–H groups in total. The van der Waals surface area contributed by atoms with Crippen LogP contribution in [-0.4, -0.2) is 6.04 Å². The first-order valence-corrected chi connectivity index (χ1v) is 4.04. The third-order valence-corrected chi connectivity index (χ3v) is 2.30. The van der Waals surface area contributed by atoms with Gasteiger partial charge in [-0.3, -0.25) is 0 Å². The van der Waals surface area contributed by atoms with Crippen molar-refractivity contribution < 1.29 is 0 Å². The molecule has 0 aliphatic heterocycles. The molecule has 0 bridgehead atoms. The second kappa shape index (κ2) is 3.51. The largest absolute Gasteiger partial charge is 0.343 e. The van der Waals surface area contributed by atoms with E-state index in [1.54, 1.807) is 0 Å². The molecule has 1 rings (SSSR count). The van der Waals surface area contributed by atoms with Gasteiger partial charge in [0.15, 0.2) is 0 Å². The third-order valence-electron chi connectivity index (χ3n) is 2.30. The van der Waals surface area contributed by atoms with E-state index in [2.05, 4.69) is 18.3 Å². The van der Waals surface area contributed by atoms with Gasteiger partial charge in [-0.1, -0.05) is 13.3 Å². The molecule has 1 heteroatoms. The Morgan fingerprint density at radius 3 is 2.40 bits per heavy atom. The second-order valence-corrected chi connectivity index (χ2v) is 3.25. The number of hydrogen-bond acceptors (Lipinski definition) is 1. The molecule has 0 aromatic rings. The molecule has 0 heterocycles. The van der Waals surface area contributed by atoms with Crippen molar-refractivity contribution in [1.82, 2.24) is 5.32 Å². The zero-order chi connectivity index (χ0) is 7.40. The summed E-state index contributed by atoms with van der Waals surface area (Å²) in [6.45, 7) is 2.31. The summed E-state index contributed by atoms with van der Waals surface area (Å²) in [6, 6.07) is 3.10. The van der Waals surface area contributed by atoms with E-state index < -0.39 is 0 Å². The van der Waals surface area contributed by atoms with E-state index in [4.69, 9.17) is 6.42 Å². The van der Waals surface area contributed by atoms with Crippen LogP contribution in [0.3, 0.4) is 0 Å². The molecule has 1 fully saturated rings. The van der Waals surface area contributed by atoms with E-state index in [-0.39, 0.29) is 0 Å². The summed E-state index contributed by atoms with van der Waals surface area (Å²) in [5, 5.41) is 3.03. The highest BCUT2D eigenvalue weighted by Gasteiger charge is 2.16. The van der Waals surface area contributed by atoms with Gasteiger partial charge in [0.2, 0.25) is 0 Å². The van der Waals surface area contributed by atoms with Crippen LogP contribution in [0.4, 0.5) is 0 Å². The lowest BCUT2D eigenvalue weighted by molar-refractivity contribution is 0.328. The third kappa shape index (κ3) is 1.95. The van der Waals surface area contributed by atoms with Gasteiger partial charge in [-0.05, 0) is 31.6 Å². The highest BCUT2D eigenvalue weighted by Crippen LogP contribution is 2.22. The van der Waals surface area contributed by atoms with Crippen molar-refractivity contribution in [2.75, 3.05) is 0 Å². The first-order valence-electron chi connectivity index (χ1n) is 4.04. The molecule has 56 valence electrons. The zero-order valence-electron chi connectivity index (χ0n) is 6.56. The molecule has 0 aromatic carbocycles. The maximum Gasteiger partial charge on any atom is 0.0340 e. The molecule has 10 heavy (non-hydrogen) atoms. The minimum atomic E-state index is 0.598. The first kappa shape index (κ1) is 7.47. The first-order chi connectivity index (χ1) is 4.83. The van der Waals surface area contributed by atoms with Gasteiger partial charge >= 0.3 is 0 Å². The molecule has 0 radical (unpaired) electrons. The van der Waals surface area contributed by atoms with Crippen LogP contribution in [0.1, 0.15) is 32.6 Å². The molecule has 0 amide bonds. The Kier molecular flexibility index (Phi) is 2.62. The molecular formula is C9H15N. The Balaban J connectivity index is 2.21. The van der Waals surface area contributed by atoms with Crippen LogP contribution in [0.2, 0.25) is 0 Å². The van der Waals surface area contributed by atoms with Crippen LogP contribution in [0, 0.1) is 18.4 Å². The highest BCUT2D eigenvalue weighted by atomic mass is 14.9. The van der Waals surface area contributed by atoms with Gasteiger partial charge in [-0.25, -0.2) is 0 Å². The van der Waals surface area contributed by atoms with Crippen molar-refractivity contribution >= 4 is 0 Å². The average Bonchev–Trinajstić information content (AvgIpc) is 1.95. The fraction of sp³-hybridized carbons (Fsp3) is 0.778. The monoisotopic (exact) mass is 137 g/mol.